The molecular formula is C13H19FO2. The van der Waals surface area contributed by atoms with Gasteiger partial charge in [0.2, 0.25) is 0 Å². The molecular weight excluding hydrogens is 207 g/mol. The maximum absolute atomic E-state index is 13.5. The summed E-state index contributed by atoms with van der Waals surface area (Å²) in [5.74, 6) is -0.378. The van der Waals surface area contributed by atoms with Gasteiger partial charge in [0.1, 0.15) is 11.9 Å². The lowest BCUT2D eigenvalue weighted by Crippen LogP contribution is -2.21. The fourth-order valence-electron chi connectivity index (χ4n) is 1.78. The molecule has 0 fully saturated rings. The van der Waals surface area contributed by atoms with E-state index in [1.165, 1.54) is 13.2 Å². The number of hydrogen-bond donors (Lipinski definition) is 1. The van der Waals surface area contributed by atoms with Crippen molar-refractivity contribution in [2.45, 2.75) is 38.9 Å². The third-order valence-corrected chi connectivity index (χ3v) is 2.70. The largest absolute Gasteiger partial charge is 0.386 e. The highest BCUT2D eigenvalue weighted by Crippen LogP contribution is 2.25. The molecule has 2 nitrogen and oxygen atoms in total. The molecule has 0 saturated heterocycles. The summed E-state index contributed by atoms with van der Waals surface area (Å²) in [7, 11) is 1.54. The van der Waals surface area contributed by atoms with Gasteiger partial charge in [0.05, 0.1) is 6.10 Å². The third-order valence-electron chi connectivity index (χ3n) is 2.70. The average Bonchev–Trinajstić information content (AvgIpc) is 2.28. The number of hydrogen-bond acceptors (Lipinski definition) is 2. The van der Waals surface area contributed by atoms with Gasteiger partial charge < -0.3 is 9.84 Å². The van der Waals surface area contributed by atoms with E-state index in [-0.39, 0.29) is 11.9 Å². The van der Waals surface area contributed by atoms with Crippen LogP contribution in [0.2, 0.25) is 0 Å². The molecule has 0 spiro atoms. The first-order chi connectivity index (χ1) is 7.60. The lowest BCUT2D eigenvalue weighted by Gasteiger charge is -2.22. The topological polar surface area (TPSA) is 29.5 Å². The molecule has 0 aliphatic rings. The predicted octanol–water partition coefficient (Wildman–Crippen LogP) is 2.98. The number of rotatable bonds is 5. The summed E-state index contributed by atoms with van der Waals surface area (Å²) < 4.78 is 18.7. The standard InChI is InChI=1S/C13H19FO2/c1-4-5-12(16-3)13(15)10-8-9(2)6-7-11(10)14/h6-8,12-13,15H,4-5H2,1-3H3. The molecule has 1 rings (SSSR count). The SMILES string of the molecule is CCCC(OC)C(O)c1cc(C)ccc1F. The second-order valence-corrected chi connectivity index (χ2v) is 4.03. The van der Waals surface area contributed by atoms with E-state index in [0.29, 0.717) is 12.0 Å². The van der Waals surface area contributed by atoms with Gasteiger partial charge in [-0.2, -0.15) is 0 Å². The molecule has 0 amide bonds. The summed E-state index contributed by atoms with van der Waals surface area (Å²) in [5.41, 5.74) is 1.25. The summed E-state index contributed by atoms with van der Waals surface area (Å²) in [5, 5.41) is 10.1. The Morgan fingerprint density at radius 3 is 2.69 bits per heavy atom. The molecule has 0 radical (unpaired) electrons. The quantitative estimate of drug-likeness (QED) is 0.836. The fraction of sp³-hybridized carbons (Fsp3) is 0.538. The number of benzene rings is 1. The van der Waals surface area contributed by atoms with Crippen LogP contribution >= 0.6 is 0 Å². The second-order valence-electron chi connectivity index (χ2n) is 4.03. The van der Waals surface area contributed by atoms with Crippen LogP contribution in [0.3, 0.4) is 0 Å². The number of aliphatic hydroxyl groups is 1. The smallest absolute Gasteiger partial charge is 0.129 e. The first kappa shape index (κ1) is 13.1. The van der Waals surface area contributed by atoms with E-state index in [2.05, 4.69) is 0 Å². The Labute approximate surface area is 96.1 Å². The Bertz CT molecular complexity index is 339. The van der Waals surface area contributed by atoms with Crippen molar-refractivity contribution >= 4 is 0 Å². The maximum atomic E-state index is 13.5. The summed E-state index contributed by atoms with van der Waals surface area (Å²) in [6.45, 7) is 3.88. The van der Waals surface area contributed by atoms with E-state index in [1.54, 1.807) is 12.1 Å². The molecule has 0 saturated carbocycles. The van der Waals surface area contributed by atoms with Crippen LogP contribution in [0.5, 0.6) is 0 Å². The van der Waals surface area contributed by atoms with Crippen molar-refractivity contribution < 1.29 is 14.2 Å². The Hall–Kier alpha value is -0.930. The van der Waals surface area contributed by atoms with E-state index in [9.17, 15) is 9.50 Å². The molecule has 0 heterocycles. The Kier molecular flexibility index (Phi) is 4.90. The molecule has 1 aromatic carbocycles. The van der Waals surface area contributed by atoms with Crippen molar-refractivity contribution in [2.75, 3.05) is 7.11 Å². The first-order valence-electron chi connectivity index (χ1n) is 5.57. The zero-order valence-corrected chi connectivity index (χ0v) is 10.0. The van der Waals surface area contributed by atoms with Gasteiger partial charge in [-0.15, -0.1) is 0 Å². The van der Waals surface area contributed by atoms with Crippen LogP contribution < -0.4 is 0 Å². The molecule has 2 atom stereocenters. The van der Waals surface area contributed by atoms with E-state index in [0.717, 1.165) is 12.0 Å². The van der Waals surface area contributed by atoms with Gasteiger partial charge in [0.25, 0.3) is 0 Å². The predicted molar refractivity (Wildman–Crippen MR) is 61.8 cm³/mol. The minimum Gasteiger partial charge on any atom is -0.386 e. The third kappa shape index (κ3) is 3.03. The highest BCUT2D eigenvalue weighted by Gasteiger charge is 2.22. The van der Waals surface area contributed by atoms with E-state index in [1.807, 2.05) is 13.8 Å². The summed E-state index contributed by atoms with van der Waals surface area (Å²) >= 11 is 0. The van der Waals surface area contributed by atoms with Crippen molar-refractivity contribution in [1.29, 1.82) is 0 Å². The highest BCUT2D eigenvalue weighted by molar-refractivity contribution is 5.26. The zero-order valence-electron chi connectivity index (χ0n) is 10.0. The minimum absolute atomic E-state index is 0.320. The summed E-state index contributed by atoms with van der Waals surface area (Å²) in [4.78, 5) is 0. The number of aryl methyl sites for hydroxylation is 1. The number of aliphatic hydroxyl groups excluding tert-OH is 1. The van der Waals surface area contributed by atoms with Gasteiger partial charge in [-0.25, -0.2) is 4.39 Å². The summed E-state index contributed by atoms with van der Waals surface area (Å²) in [6.07, 6.45) is 0.361. The minimum atomic E-state index is -0.898. The average molecular weight is 226 g/mol. The fourth-order valence-corrected chi connectivity index (χ4v) is 1.78. The molecule has 0 aromatic heterocycles. The lowest BCUT2D eigenvalue weighted by molar-refractivity contribution is -0.0195. The second kappa shape index (κ2) is 5.97. The summed E-state index contributed by atoms with van der Waals surface area (Å²) in [6, 6.07) is 4.74. The van der Waals surface area contributed by atoms with Crippen molar-refractivity contribution in [3.63, 3.8) is 0 Å². The molecule has 2 unspecified atom stereocenters. The van der Waals surface area contributed by atoms with E-state index in [4.69, 9.17) is 4.74 Å². The number of ether oxygens (including phenoxy) is 1. The molecule has 1 N–H and O–H groups in total. The molecule has 90 valence electrons. The first-order valence-corrected chi connectivity index (χ1v) is 5.57. The van der Waals surface area contributed by atoms with Crippen molar-refractivity contribution in [3.8, 4) is 0 Å². The highest BCUT2D eigenvalue weighted by atomic mass is 19.1. The lowest BCUT2D eigenvalue weighted by atomic mass is 9.99. The van der Waals surface area contributed by atoms with Gasteiger partial charge >= 0.3 is 0 Å². The van der Waals surface area contributed by atoms with Crippen LogP contribution in [0.4, 0.5) is 4.39 Å². The van der Waals surface area contributed by atoms with Gasteiger partial charge in [0.15, 0.2) is 0 Å². The zero-order chi connectivity index (χ0) is 12.1. The van der Waals surface area contributed by atoms with Crippen molar-refractivity contribution in [2.24, 2.45) is 0 Å². The van der Waals surface area contributed by atoms with Crippen LogP contribution in [0.1, 0.15) is 37.0 Å². The Balaban J connectivity index is 2.93. The molecule has 0 aliphatic heterocycles. The number of methoxy groups -OCH3 is 1. The van der Waals surface area contributed by atoms with Gasteiger partial charge in [0, 0.05) is 12.7 Å². The van der Waals surface area contributed by atoms with Crippen molar-refractivity contribution in [3.05, 3.63) is 35.1 Å². The maximum Gasteiger partial charge on any atom is 0.129 e. The molecule has 1 aromatic rings. The van der Waals surface area contributed by atoms with Gasteiger partial charge in [-0.05, 0) is 19.4 Å². The van der Waals surface area contributed by atoms with Crippen LogP contribution in [0, 0.1) is 12.7 Å². The molecule has 3 heteroatoms. The molecule has 16 heavy (non-hydrogen) atoms. The molecule has 0 bridgehead atoms. The van der Waals surface area contributed by atoms with Crippen LogP contribution in [0.25, 0.3) is 0 Å². The van der Waals surface area contributed by atoms with Crippen LogP contribution in [-0.2, 0) is 4.74 Å². The Morgan fingerprint density at radius 2 is 2.12 bits per heavy atom. The molecule has 0 aliphatic carbocycles. The van der Waals surface area contributed by atoms with E-state index >= 15 is 0 Å². The normalized spacial score (nSPS) is 14.8. The van der Waals surface area contributed by atoms with Gasteiger partial charge in [-0.1, -0.05) is 31.0 Å². The van der Waals surface area contributed by atoms with Crippen molar-refractivity contribution in [1.82, 2.24) is 0 Å². The van der Waals surface area contributed by atoms with E-state index < -0.39 is 6.10 Å². The van der Waals surface area contributed by atoms with Gasteiger partial charge in [-0.3, -0.25) is 0 Å². The number of halogens is 1. The van der Waals surface area contributed by atoms with Crippen LogP contribution in [0.15, 0.2) is 18.2 Å². The Morgan fingerprint density at radius 1 is 1.44 bits per heavy atom. The monoisotopic (exact) mass is 226 g/mol. The van der Waals surface area contributed by atoms with Crippen LogP contribution in [-0.4, -0.2) is 18.3 Å².